The molecule has 2 bridgehead atoms. The standard InChI is InChI=1S/C45H69N5O10/c1-13-35-45(8)39-27(4)36(48(11)24-49(50(39)43(54)60-45)20-14-15-30-18-19-46-33-22-31(56-12)16-17-32(30)33)25(2)23-44(7,55)40(28(5)37(51)29(6)41(53)58-35)59-42-38(52)34(47(9)10)21-26(3)57-42/h16-19,22,25-29,34-36,38-40,42,52,55H,13-15,20-21,23-24H2,1-12H3/t25-,26-,27+,28+,29-,34+,35-,36?,38-,39-,40-,42+,44+,45-/m1/s1. The molecule has 0 spiro atoms. The molecule has 0 aliphatic carbocycles. The molecule has 1 amide bonds. The van der Waals surface area contributed by atoms with Crippen molar-refractivity contribution in [3.63, 3.8) is 0 Å². The average Bonchev–Trinajstić information content (AvgIpc) is 3.40. The Morgan fingerprint density at radius 2 is 1.78 bits per heavy atom. The van der Waals surface area contributed by atoms with Crippen molar-refractivity contribution in [2.45, 2.75) is 148 Å². The maximum Gasteiger partial charge on any atom is 0.425 e. The number of aromatic nitrogens is 1. The zero-order chi connectivity index (χ0) is 44.0. The number of aliphatic hydroxyl groups excluding tert-OH is 1. The summed E-state index contributed by atoms with van der Waals surface area (Å²) in [5, 5.41) is 29.0. The van der Waals surface area contributed by atoms with Crippen molar-refractivity contribution in [1.29, 1.82) is 0 Å². The second-order valence-electron chi connectivity index (χ2n) is 18.7. The first kappa shape index (κ1) is 46.1. The molecule has 4 aliphatic rings. The van der Waals surface area contributed by atoms with E-state index in [0.29, 0.717) is 32.5 Å². The number of benzene rings is 1. The van der Waals surface area contributed by atoms with Crippen molar-refractivity contribution >= 4 is 28.7 Å². The number of likely N-dealkylation sites (N-methyl/N-ethyl adjacent to an activating group) is 1. The lowest BCUT2D eigenvalue weighted by molar-refractivity contribution is -0.293. The Bertz CT molecular complexity index is 1860. The molecule has 5 heterocycles. The minimum atomic E-state index is -1.64. The number of nitrogens with zero attached hydrogens (tertiary/aromatic N) is 5. The lowest BCUT2D eigenvalue weighted by atomic mass is 9.71. The van der Waals surface area contributed by atoms with Gasteiger partial charge in [-0.15, -0.1) is 0 Å². The monoisotopic (exact) mass is 840 g/mol. The van der Waals surface area contributed by atoms with Crippen LogP contribution in [0.2, 0.25) is 0 Å². The predicted octanol–water partition coefficient (Wildman–Crippen LogP) is 4.65. The van der Waals surface area contributed by atoms with Gasteiger partial charge in [-0.1, -0.05) is 27.7 Å². The second-order valence-corrected chi connectivity index (χ2v) is 18.7. The molecule has 0 saturated carbocycles. The van der Waals surface area contributed by atoms with E-state index in [1.54, 1.807) is 32.2 Å². The number of cyclic esters (lactones) is 1. The molecule has 60 heavy (non-hydrogen) atoms. The number of methoxy groups -OCH3 is 1. The number of fused-ring (bicyclic) bond motifs is 2. The maximum atomic E-state index is 14.3. The van der Waals surface area contributed by atoms with E-state index in [4.69, 9.17) is 23.7 Å². The van der Waals surface area contributed by atoms with E-state index in [-0.39, 0.29) is 36.4 Å². The Hall–Kier alpha value is -3.44. The fourth-order valence-electron chi connectivity index (χ4n) is 11.1. The minimum Gasteiger partial charge on any atom is -0.497 e. The Balaban J connectivity index is 1.36. The number of hydrogen-bond donors (Lipinski definition) is 2. The maximum absolute atomic E-state index is 14.3. The van der Waals surface area contributed by atoms with Gasteiger partial charge in [-0.2, -0.15) is 0 Å². The van der Waals surface area contributed by atoms with Gasteiger partial charge in [0.15, 0.2) is 17.7 Å². The number of ketones is 1. The molecule has 6 rings (SSSR count). The highest BCUT2D eigenvalue weighted by atomic mass is 16.7. The predicted molar refractivity (Wildman–Crippen MR) is 225 cm³/mol. The van der Waals surface area contributed by atoms with Gasteiger partial charge in [-0.3, -0.25) is 19.5 Å². The number of ether oxygens (including phenoxy) is 5. The van der Waals surface area contributed by atoms with E-state index in [1.165, 1.54) is 6.92 Å². The Labute approximate surface area is 355 Å². The van der Waals surface area contributed by atoms with Crippen LogP contribution in [0.4, 0.5) is 4.79 Å². The van der Waals surface area contributed by atoms with Crippen molar-refractivity contribution in [3.05, 3.63) is 36.0 Å². The summed E-state index contributed by atoms with van der Waals surface area (Å²) in [6.45, 7) is 15.5. The highest BCUT2D eigenvalue weighted by Crippen LogP contribution is 2.46. The molecule has 15 heteroatoms. The summed E-state index contributed by atoms with van der Waals surface area (Å²) in [6, 6.07) is 6.83. The molecule has 15 nitrogen and oxygen atoms in total. The van der Waals surface area contributed by atoms with Crippen LogP contribution in [-0.4, -0.2) is 154 Å². The van der Waals surface area contributed by atoms with Gasteiger partial charge in [0.1, 0.15) is 23.9 Å². The number of esters is 1. The Morgan fingerprint density at radius 3 is 2.45 bits per heavy atom. The summed E-state index contributed by atoms with van der Waals surface area (Å²) in [4.78, 5) is 51.4. The number of amides is 1. The van der Waals surface area contributed by atoms with Crippen LogP contribution in [0.3, 0.4) is 0 Å². The number of pyridine rings is 1. The van der Waals surface area contributed by atoms with Gasteiger partial charge < -0.3 is 38.8 Å². The number of hydrogen-bond acceptors (Lipinski definition) is 14. The molecule has 334 valence electrons. The molecule has 4 aliphatic heterocycles. The van der Waals surface area contributed by atoms with Crippen molar-refractivity contribution in [1.82, 2.24) is 24.8 Å². The number of Topliss-reactive ketones (excluding diaryl/α,β-unsaturated/α-hetero) is 1. The van der Waals surface area contributed by atoms with Crippen LogP contribution in [-0.2, 0) is 35.0 Å². The molecule has 2 aromatic rings. The number of carbonyl (C=O) groups excluding carboxylic acids is 3. The highest BCUT2D eigenvalue weighted by molar-refractivity contribution is 6.00. The molecule has 4 fully saturated rings. The summed E-state index contributed by atoms with van der Waals surface area (Å²) >= 11 is 0. The van der Waals surface area contributed by atoms with Gasteiger partial charge in [0, 0.05) is 42.2 Å². The summed E-state index contributed by atoms with van der Waals surface area (Å²) in [7, 11) is 7.43. The van der Waals surface area contributed by atoms with Crippen molar-refractivity contribution in [2.75, 3.05) is 41.5 Å². The molecule has 1 unspecified atom stereocenters. The molecule has 1 aromatic carbocycles. The minimum absolute atomic E-state index is 0.193. The van der Waals surface area contributed by atoms with Crippen molar-refractivity contribution in [2.24, 2.45) is 23.7 Å². The Kier molecular flexibility index (Phi) is 13.9. The average molecular weight is 840 g/mol. The third-order valence-corrected chi connectivity index (χ3v) is 13.9. The summed E-state index contributed by atoms with van der Waals surface area (Å²) < 4.78 is 30.8. The zero-order valence-corrected chi connectivity index (χ0v) is 37.7. The summed E-state index contributed by atoms with van der Waals surface area (Å²) in [6.07, 6.45) is -0.665. The summed E-state index contributed by atoms with van der Waals surface area (Å²) in [5.74, 6) is -3.18. The van der Waals surface area contributed by atoms with E-state index in [1.807, 2.05) is 76.1 Å². The zero-order valence-electron chi connectivity index (χ0n) is 37.7. The molecular weight excluding hydrogens is 771 g/mol. The van der Waals surface area contributed by atoms with Crippen LogP contribution in [0.1, 0.15) is 86.6 Å². The van der Waals surface area contributed by atoms with E-state index < -0.39 is 71.5 Å². The first-order valence-electron chi connectivity index (χ1n) is 21.7. The SMILES string of the molecule is CC[C@H]1OC(=O)[C@H](C)C(=O)[C@H](C)[C@@H](O[C@@H]2O[C@H](C)C[C@H](N(C)C)[C@H]2O)[C@@](C)(O)C[C@@H](C)C2[C@H](C)[C@H]3N(C(=O)O[C@]13C)N(CCCc1ccnc3cc(OC)ccc13)CN2C. The van der Waals surface area contributed by atoms with Crippen molar-refractivity contribution in [3.8, 4) is 5.75 Å². The van der Waals surface area contributed by atoms with E-state index >= 15 is 0 Å². The normalized spacial score (nSPS) is 38.7. The lowest BCUT2D eigenvalue weighted by Gasteiger charge is -2.47. The third-order valence-electron chi connectivity index (χ3n) is 13.9. The molecule has 1 aromatic heterocycles. The second kappa shape index (κ2) is 18.1. The van der Waals surface area contributed by atoms with Gasteiger partial charge in [0.05, 0.1) is 43.1 Å². The fraction of sp³-hybridized carbons (Fsp3) is 0.733. The van der Waals surface area contributed by atoms with Crippen LogP contribution < -0.4 is 4.74 Å². The lowest BCUT2D eigenvalue weighted by Crippen LogP contribution is -2.61. The smallest absolute Gasteiger partial charge is 0.425 e. The van der Waals surface area contributed by atoms with Gasteiger partial charge in [-0.05, 0) is 117 Å². The highest BCUT2D eigenvalue weighted by Gasteiger charge is 2.63. The van der Waals surface area contributed by atoms with Crippen molar-refractivity contribution < 1.29 is 48.3 Å². The summed E-state index contributed by atoms with van der Waals surface area (Å²) in [5.41, 5.74) is -0.933. The van der Waals surface area contributed by atoms with Gasteiger partial charge in [0.2, 0.25) is 0 Å². The van der Waals surface area contributed by atoms with Crippen LogP contribution >= 0.6 is 0 Å². The third kappa shape index (κ3) is 8.77. The van der Waals surface area contributed by atoms with Crippen LogP contribution in [0.15, 0.2) is 30.5 Å². The van der Waals surface area contributed by atoms with Crippen LogP contribution in [0, 0.1) is 23.7 Å². The number of aliphatic hydroxyl groups is 2. The molecule has 2 N–H and O–H groups in total. The first-order valence-corrected chi connectivity index (χ1v) is 21.7. The topological polar surface area (TPSA) is 164 Å². The first-order chi connectivity index (χ1) is 28.2. The number of aryl methyl sites for hydroxylation is 1. The van der Waals surface area contributed by atoms with Gasteiger partial charge in [0.25, 0.3) is 0 Å². The Morgan fingerprint density at radius 1 is 1.07 bits per heavy atom. The quantitative estimate of drug-likeness (QED) is 0.265. The van der Waals surface area contributed by atoms with Crippen LogP contribution in [0.25, 0.3) is 10.9 Å². The van der Waals surface area contributed by atoms with Gasteiger partial charge in [-0.25, -0.2) is 14.8 Å². The molecular formula is C45H69N5O10. The molecule has 4 saturated heterocycles. The number of hydrazine groups is 1. The fourth-order valence-corrected chi connectivity index (χ4v) is 11.1. The van der Waals surface area contributed by atoms with Gasteiger partial charge >= 0.3 is 12.1 Å². The largest absolute Gasteiger partial charge is 0.497 e. The van der Waals surface area contributed by atoms with E-state index in [0.717, 1.165) is 28.6 Å². The molecule has 14 atom stereocenters. The van der Waals surface area contributed by atoms with E-state index in [9.17, 15) is 24.6 Å². The number of rotatable bonds is 9. The van der Waals surface area contributed by atoms with E-state index in [2.05, 4.69) is 23.7 Å². The van der Waals surface area contributed by atoms with Crippen LogP contribution in [0.5, 0.6) is 5.75 Å². The number of carbonyl (C=O) groups is 3. The molecule has 0 radical (unpaired) electrons.